The summed E-state index contributed by atoms with van der Waals surface area (Å²) in [6, 6.07) is 12.9. The highest BCUT2D eigenvalue weighted by atomic mass is 35.5. The van der Waals surface area contributed by atoms with Crippen LogP contribution in [0.4, 0.5) is 0 Å². The fraction of sp³-hybridized carbons (Fsp3) is 0.133. The Balaban J connectivity index is 2.15. The summed E-state index contributed by atoms with van der Waals surface area (Å²) in [5.41, 5.74) is 1.13. The summed E-state index contributed by atoms with van der Waals surface area (Å²) in [6.07, 6.45) is 0. The first-order chi connectivity index (χ1) is 9.61. The third-order valence-corrected chi connectivity index (χ3v) is 3.20. The van der Waals surface area contributed by atoms with E-state index in [0.717, 1.165) is 5.56 Å². The molecule has 3 N–H and O–H groups in total. The first-order valence-electron chi connectivity index (χ1n) is 6.07. The first-order valence-corrected chi connectivity index (χ1v) is 6.45. The summed E-state index contributed by atoms with van der Waals surface area (Å²) in [4.78, 5) is 12.1. The lowest BCUT2D eigenvalue weighted by Crippen LogP contribution is -2.30. The summed E-state index contributed by atoms with van der Waals surface area (Å²) in [7, 11) is 0. The zero-order valence-electron chi connectivity index (χ0n) is 10.6. The van der Waals surface area contributed by atoms with Crippen LogP contribution in [0.3, 0.4) is 0 Å². The lowest BCUT2D eigenvalue weighted by atomic mass is 10.1. The van der Waals surface area contributed by atoms with Gasteiger partial charge in [0.05, 0.1) is 17.7 Å². The Morgan fingerprint density at radius 1 is 1.20 bits per heavy atom. The summed E-state index contributed by atoms with van der Waals surface area (Å²) >= 11 is 5.77. The monoisotopic (exact) mass is 291 g/mol. The van der Waals surface area contributed by atoms with Crippen LogP contribution in [0.15, 0.2) is 48.5 Å². The molecular weight excluding hydrogens is 278 g/mol. The van der Waals surface area contributed by atoms with E-state index in [1.807, 2.05) is 30.3 Å². The van der Waals surface area contributed by atoms with E-state index in [-0.39, 0.29) is 23.3 Å². The molecule has 0 aliphatic heterocycles. The maximum absolute atomic E-state index is 12.1. The van der Waals surface area contributed by atoms with Gasteiger partial charge in [0.15, 0.2) is 0 Å². The van der Waals surface area contributed by atoms with E-state index in [9.17, 15) is 15.0 Å². The number of hydrogen-bond acceptors (Lipinski definition) is 3. The van der Waals surface area contributed by atoms with Crippen LogP contribution in [0, 0.1) is 0 Å². The zero-order chi connectivity index (χ0) is 14.5. The molecule has 0 aliphatic carbocycles. The maximum atomic E-state index is 12.1. The fourth-order valence-electron chi connectivity index (χ4n) is 1.81. The molecule has 0 saturated heterocycles. The minimum Gasteiger partial charge on any atom is -0.506 e. The highest BCUT2D eigenvalue weighted by Gasteiger charge is 2.15. The smallest absolute Gasteiger partial charge is 0.251 e. The van der Waals surface area contributed by atoms with E-state index in [4.69, 9.17) is 11.6 Å². The number of aliphatic hydroxyl groups is 1. The van der Waals surface area contributed by atoms with Gasteiger partial charge in [-0.1, -0.05) is 41.9 Å². The van der Waals surface area contributed by atoms with Crippen molar-refractivity contribution in [2.45, 2.75) is 6.04 Å². The molecule has 0 bridgehead atoms. The summed E-state index contributed by atoms with van der Waals surface area (Å²) in [5, 5.41) is 21.5. The van der Waals surface area contributed by atoms with Crippen molar-refractivity contribution in [3.05, 3.63) is 64.7 Å². The minimum absolute atomic E-state index is 0.0787. The molecule has 2 aromatic carbocycles. The van der Waals surface area contributed by atoms with Gasteiger partial charge in [0.25, 0.3) is 5.91 Å². The molecule has 1 amide bonds. The van der Waals surface area contributed by atoms with Gasteiger partial charge in [0.2, 0.25) is 0 Å². The van der Waals surface area contributed by atoms with Crippen molar-refractivity contribution in [3.8, 4) is 5.75 Å². The summed E-state index contributed by atoms with van der Waals surface area (Å²) < 4.78 is 0. The van der Waals surface area contributed by atoms with Gasteiger partial charge in [0.1, 0.15) is 5.75 Å². The van der Waals surface area contributed by atoms with Crippen molar-refractivity contribution in [1.82, 2.24) is 5.32 Å². The fourth-order valence-corrected chi connectivity index (χ4v) is 1.99. The number of aliphatic hydroxyl groups excluding tert-OH is 1. The zero-order valence-corrected chi connectivity index (χ0v) is 11.3. The van der Waals surface area contributed by atoms with Crippen molar-refractivity contribution in [2.24, 2.45) is 0 Å². The summed E-state index contributed by atoms with van der Waals surface area (Å²) in [5.74, 6) is -0.445. The van der Waals surface area contributed by atoms with Gasteiger partial charge < -0.3 is 15.5 Å². The number of carbonyl (C=O) groups excluding carboxylic acids is 1. The van der Waals surface area contributed by atoms with Crippen LogP contribution in [0.25, 0.3) is 0 Å². The Bertz CT molecular complexity index is 601. The van der Waals surface area contributed by atoms with Crippen molar-refractivity contribution in [3.63, 3.8) is 0 Å². The minimum atomic E-state index is -0.490. The van der Waals surface area contributed by atoms with E-state index >= 15 is 0 Å². The molecule has 2 aromatic rings. The van der Waals surface area contributed by atoms with E-state index in [2.05, 4.69) is 5.32 Å². The third kappa shape index (κ3) is 3.29. The second kappa shape index (κ2) is 6.41. The lowest BCUT2D eigenvalue weighted by Gasteiger charge is -2.16. The molecule has 0 spiro atoms. The molecule has 4 nitrogen and oxygen atoms in total. The number of carbonyl (C=O) groups is 1. The maximum Gasteiger partial charge on any atom is 0.251 e. The molecule has 0 saturated carbocycles. The highest BCUT2D eigenvalue weighted by Crippen LogP contribution is 2.24. The second-order valence-electron chi connectivity index (χ2n) is 4.29. The van der Waals surface area contributed by atoms with Crippen molar-refractivity contribution >= 4 is 17.5 Å². The topological polar surface area (TPSA) is 69.6 Å². The Labute approximate surface area is 121 Å². The van der Waals surface area contributed by atoms with E-state index < -0.39 is 6.04 Å². The Morgan fingerprint density at radius 3 is 2.50 bits per heavy atom. The van der Waals surface area contributed by atoms with Gasteiger partial charge in [-0.3, -0.25) is 4.79 Å². The number of phenols is 1. The van der Waals surface area contributed by atoms with Crippen LogP contribution in [-0.4, -0.2) is 22.7 Å². The van der Waals surface area contributed by atoms with E-state index in [0.29, 0.717) is 5.56 Å². The number of halogens is 1. The number of aromatic hydroxyl groups is 1. The van der Waals surface area contributed by atoms with Crippen molar-refractivity contribution < 1.29 is 15.0 Å². The second-order valence-corrected chi connectivity index (χ2v) is 4.69. The first kappa shape index (κ1) is 14.4. The normalized spacial score (nSPS) is 11.9. The number of hydrogen-bond donors (Lipinski definition) is 3. The number of phenolic OH excluding ortho intramolecular Hbond substituents is 1. The highest BCUT2D eigenvalue weighted by molar-refractivity contribution is 6.32. The van der Waals surface area contributed by atoms with Gasteiger partial charge in [-0.05, 0) is 23.8 Å². The van der Waals surface area contributed by atoms with Gasteiger partial charge in [-0.25, -0.2) is 0 Å². The van der Waals surface area contributed by atoms with E-state index in [1.54, 1.807) is 0 Å². The lowest BCUT2D eigenvalue weighted by molar-refractivity contribution is 0.0916. The molecule has 5 heteroatoms. The Morgan fingerprint density at radius 2 is 1.90 bits per heavy atom. The number of amides is 1. The molecule has 0 heterocycles. The van der Waals surface area contributed by atoms with Gasteiger partial charge in [-0.2, -0.15) is 0 Å². The van der Waals surface area contributed by atoms with Gasteiger partial charge in [-0.15, -0.1) is 0 Å². The van der Waals surface area contributed by atoms with Crippen LogP contribution < -0.4 is 5.32 Å². The standard InChI is InChI=1S/C15H14ClNO3/c16-12-8-11(6-7-14(12)19)15(20)17-13(9-18)10-4-2-1-3-5-10/h1-8,13,18-19H,9H2,(H,17,20). The van der Waals surface area contributed by atoms with Gasteiger partial charge in [0, 0.05) is 5.56 Å². The predicted octanol–water partition coefficient (Wildman–Crippen LogP) is 2.51. The van der Waals surface area contributed by atoms with Gasteiger partial charge >= 0.3 is 0 Å². The van der Waals surface area contributed by atoms with Crippen molar-refractivity contribution in [1.29, 1.82) is 0 Å². The quantitative estimate of drug-likeness (QED) is 0.811. The third-order valence-electron chi connectivity index (χ3n) is 2.90. The number of rotatable bonds is 4. The average Bonchev–Trinajstić information content (AvgIpc) is 2.48. The number of benzene rings is 2. The van der Waals surface area contributed by atoms with E-state index in [1.165, 1.54) is 18.2 Å². The molecule has 0 fully saturated rings. The largest absolute Gasteiger partial charge is 0.506 e. The molecule has 104 valence electrons. The molecular formula is C15H14ClNO3. The predicted molar refractivity (Wildman–Crippen MR) is 76.9 cm³/mol. The number of nitrogens with one attached hydrogen (secondary N) is 1. The van der Waals surface area contributed by atoms with Crippen molar-refractivity contribution in [2.75, 3.05) is 6.61 Å². The van der Waals surface area contributed by atoms with Crippen LogP contribution in [0.5, 0.6) is 5.75 Å². The van der Waals surface area contributed by atoms with Crippen LogP contribution >= 0.6 is 11.6 Å². The molecule has 0 radical (unpaired) electrons. The molecule has 0 aliphatic rings. The molecule has 1 unspecified atom stereocenters. The molecule has 1 atom stereocenters. The van der Waals surface area contributed by atoms with Crippen LogP contribution in [0.2, 0.25) is 5.02 Å². The summed E-state index contributed by atoms with van der Waals surface area (Å²) in [6.45, 7) is -0.207. The average molecular weight is 292 g/mol. The Hall–Kier alpha value is -2.04. The SMILES string of the molecule is O=C(NC(CO)c1ccccc1)c1ccc(O)c(Cl)c1. The van der Waals surface area contributed by atoms with Crippen LogP contribution in [0.1, 0.15) is 22.0 Å². The van der Waals surface area contributed by atoms with Crippen LogP contribution in [-0.2, 0) is 0 Å². The molecule has 20 heavy (non-hydrogen) atoms. The molecule has 2 rings (SSSR count). The molecule has 0 aromatic heterocycles. The Kier molecular flexibility index (Phi) is 4.61.